The summed E-state index contributed by atoms with van der Waals surface area (Å²) >= 11 is 0. The highest BCUT2D eigenvalue weighted by Gasteiger charge is 2.54. The van der Waals surface area contributed by atoms with Crippen LogP contribution in [-0.2, 0) is 32.9 Å². The summed E-state index contributed by atoms with van der Waals surface area (Å²) in [5, 5.41) is 29.5. The third-order valence-electron chi connectivity index (χ3n) is 5.66. The molecule has 1 aromatic heterocycles. The molecule has 15 nitrogen and oxygen atoms in total. The zero-order valence-corrected chi connectivity index (χ0v) is 21.8. The van der Waals surface area contributed by atoms with Crippen molar-refractivity contribution in [3.05, 3.63) is 22.7 Å². The van der Waals surface area contributed by atoms with Crippen molar-refractivity contribution in [1.82, 2.24) is 19.7 Å². The van der Waals surface area contributed by atoms with Crippen LogP contribution >= 0.6 is 7.67 Å². The second-order valence-corrected chi connectivity index (χ2v) is 10.7. The van der Waals surface area contributed by atoms with Crippen molar-refractivity contribution in [2.45, 2.75) is 63.7 Å². The van der Waals surface area contributed by atoms with Crippen molar-refractivity contribution >= 4 is 25.4 Å². The van der Waals surface area contributed by atoms with Crippen LogP contribution < -0.4 is 21.2 Å². The number of nitrogens with one attached hydrogen (secondary N) is 3. The maximum absolute atomic E-state index is 13.3. The largest absolute Gasteiger partial charge is 0.465 e. The number of hydrogen-bond acceptors (Lipinski definition) is 12. The maximum Gasteiger partial charge on any atom is 0.351 e. The first-order valence-electron chi connectivity index (χ1n) is 12.0. The molecule has 0 radical (unpaired) electrons. The van der Waals surface area contributed by atoms with Crippen LogP contribution in [0.1, 0.15) is 39.8 Å². The number of aliphatic hydroxyl groups is 2. The van der Waals surface area contributed by atoms with Crippen LogP contribution in [-0.4, -0.2) is 88.5 Å². The number of nitrogens with zero attached hydrogens (tertiary/aromatic N) is 2. The standard InChI is InChI=1S/C21H34N5O10P/c1-4-33-16(27)10-22-37(32,23-11-17(28)34-5-2)35-12-14-18(29)21(3,31)19(36-14)26-9-8-15(25-20(26)30)24-13-6-7-13/h8-9,13-14,18-19,29,31H,4-7,10-12H2,1-3H3,(H2,22,23,32)(H,24,25,30)/t14-,18-,19-,21-/m1/s1. The van der Waals surface area contributed by atoms with Crippen molar-refractivity contribution in [2.75, 3.05) is 38.2 Å². The molecule has 1 saturated heterocycles. The number of hydrogen-bond donors (Lipinski definition) is 5. The zero-order chi connectivity index (χ0) is 27.2. The topological polar surface area (TPSA) is 200 Å². The molecule has 37 heavy (non-hydrogen) atoms. The van der Waals surface area contributed by atoms with Gasteiger partial charge in [-0.2, -0.15) is 4.98 Å². The summed E-state index contributed by atoms with van der Waals surface area (Å²) in [5.74, 6) is -1.03. The van der Waals surface area contributed by atoms with E-state index in [0.29, 0.717) is 5.82 Å². The van der Waals surface area contributed by atoms with Gasteiger partial charge in [-0.3, -0.25) is 18.7 Å². The number of ether oxygens (including phenoxy) is 3. The van der Waals surface area contributed by atoms with Crippen LogP contribution in [0.15, 0.2) is 17.1 Å². The smallest absolute Gasteiger partial charge is 0.351 e. The molecule has 3 rings (SSSR count). The Morgan fingerprint density at radius 2 is 1.81 bits per heavy atom. The molecule has 0 bridgehead atoms. The lowest BCUT2D eigenvalue weighted by Gasteiger charge is -2.27. The fraction of sp³-hybridized carbons (Fsp3) is 0.714. The molecular formula is C21H34N5O10P. The summed E-state index contributed by atoms with van der Waals surface area (Å²) in [7, 11) is -4.07. The van der Waals surface area contributed by atoms with E-state index in [2.05, 4.69) is 20.5 Å². The van der Waals surface area contributed by atoms with Gasteiger partial charge in [-0.1, -0.05) is 0 Å². The lowest BCUT2D eigenvalue weighted by molar-refractivity contribution is -0.142. The van der Waals surface area contributed by atoms with Crippen molar-refractivity contribution in [2.24, 2.45) is 0 Å². The van der Waals surface area contributed by atoms with Crippen molar-refractivity contribution in [1.29, 1.82) is 0 Å². The third kappa shape index (κ3) is 7.80. The van der Waals surface area contributed by atoms with Gasteiger partial charge < -0.3 is 34.3 Å². The van der Waals surface area contributed by atoms with Crippen LogP contribution in [0, 0.1) is 0 Å². The van der Waals surface area contributed by atoms with Crippen molar-refractivity contribution < 1.29 is 43.1 Å². The van der Waals surface area contributed by atoms with Crippen LogP contribution in [0.3, 0.4) is 0 Å². The molecule has 2 fully saturated rings. The van der Waals surface area contributed by atoms with E-state index in [0.717, 1.165) is 17.4 Å². The van der Waals surface area contributed by atoms with Crippen LogP contribution in [0.4, 0.5) is 5.82 Å². The molecule has 0 spiro atoms. The summed E-state index contributed by atoms with van der Waals surface area (Å²) in [4.78, 5) is 40.0. The first-order chi connectivity index (χ1) is 17.5. The summed E-state index contributed by atoms with van der Waals surface area (Å²) in [6.45, 7) is 3.15. The third-order valence-corrected chi connectivity index (χ3v) is 7.32. The van der Waals surface area contributed by atoms with Crippen molar-refractivity contribution in [3.8, 4) is 0 Å². The van der Waals surface area contributed by atoms with Gasteiger partial charge in [0.05, 0.1) is 19.8 Å². The second-order valence-electron chi connectivity index (χ2n) is 8.75. The molecule has 2 heterocycles. The SMILES string of the molecule is CCOC(=O)CNP(=O)(NCC(=O)OCC)OC[C@H]1O[C@@H](n2ccc(NC3CC3)nc2=O)[C@](C)(O)[C@@H]1O. The molecule has 4 atom stereocenters. The van der Waals surface area contributed by atoms with E-state index < -0.39 is 69.0 Å². The minimum absolute atomic E-state index is 0.104. The van der Waals surface area contributed by atoms with Gasteiger partial charge >= 0.3 is 25.3 Å². The fourth-order valence-corrected chi connectivity index (χ4v) is 4.90. The lowest BCUT2D eigenvalue weighted by atomic mass is 9.96. The van der Waals surface area contributed by atoms with E-state index >= 15 is 0 Å². The second kappa shape index (κ2) is 12.4. The molecule has 0 aromatic carbocycles. The van der Waals surface area contributed by atoms with E-state index in [4.69, 9.17) is 18.7 Å². The molecule has 0 amide bonds. The van der Waals surface area contributed by atoms with Gasteiger partial charge in [-0.05, 0) is 39.7 Å². The molecule has 2 aliphatic rings. The van der Waals surface area contributed by atoms with E-state index in [-0.39, 0.29) is 19.3 Å². The molecule has 1 aliphatic heterocycles. The monoisotopic (exact) mass is 547 g/mol. The van der Waals surface area contributed by atoms with Crippen LogP contribution in [0.5, 0.6) is 0 Å². The quantitative estimate of drug-likeness (QED) is 0.144. The van der Waals surface area contributed by atoms with Gasteiger partial charge in [-0.15, -0.1) is 0 Å². The molecule has 1 saturated carbocycles. The van der Waals surface area contributed by atoms with E-state index in [1.165, 1.54) is 13.1 Å². The number of aliphatic hydroxyl groups excluding tert-OH is 1. The maximum atomic E-state index is 13.3. The molecule has 16 heteroatoms. The fourth-order valence-electron chi connectivity index (χ4n) is 3.57. The Morgan fingerprint density at radius 3 is 2.32 bits per heavy atom. The van der Waals surface area contributed by atoms with Gasteiger partial charge in [0, 0.05) is 12.2 Å². The summed E-state index contributed by atoms with van der Waals surface area (Å²) in [6.07, 6.45) is -0.749. The van der Waals surface area contributed by atoms with Crippen LogP contribution in [0.25, 0.3) is 0 Å². The van der Waals surface area contributed by atoms with Gasteiger partial charge in [0.25, 0.3) is 0 Å². The predicted molar refractivity (Wildman–Crippen MR) is 129 cm³/mol. The van der Waals surface area contributed by atoms with E-state index in [1.807, 2.05) is 0 Å². The average Bonchev–Trinajstić information content (AvgIpc) is 3.63. The summed E-state index contributed by atoms with van der Waals surface area (Å²) < 4.78 is 35.0. The number of carbonyl (C=O) groups excluding carboxylic acids is 2. The van der Waals surface area contributed by atoms with Gasteiger partial charge in [0.2, 0.25) is 0 Å². The van der Waals surface area contributed by atoms with E-state index in [9.17, 15) is 29.2 Å². The number of rotatable bonds is 14. The molecule has 5 N–H and O–H groups in total. The Hall–Kier alpha value is -2.39. The number of aromatic nitrogens is 2. The van der Waals surface area contributed by atoms with Gasteiger partial charge in [0.1, 0.15) is 36.7 Å². The predicted octanol–water partition coefficient (Wildman–Crippen LogP) is -0.743. The minimum atomic E-state index is -4.07. The molecule has 0 unspecified atom stereocenters. The Kier molecular flexibility index (Phi) is 9.80. The molecule has 1 aromatic rings. The highest BCUT2D eigenvalue weighted by atomic mass is 31.2. The highest BCUT2D eigenvalue weighted by molar-refractivity contribution is 7.54. The van der Waals surface area contributed by atoms with Gasteiger partial charge in [0.15, 0.2) is 6.23 Å². The highest BCUT2D eigenvalue weighted by Crippen LogP contribution is 2.42. The number of carbonyl (C=O) groups is 2. The van der Waals surface area contributed by atoms with Crippen LogP contribution in [0.2, 0.25) is 0 Å². The molecule has 1 aliphatic carbocycles. The Bertz CT molecular complexity index is 1040. The molecular weight excluding hydrogens is 513 g/mol. The number of anilines is 1. The number of esters is 2. The Labute approximate surface area is 213 Å². The minimum Gasteiger partial charge on any atom is -0.465 e. The van der Waals surface area contributed by atoms with E-state index in [1.54, 1.807) is 19.9 Å². The average molecular weight is 548 g/mol. The first-order valence-corrected chi connectivity index (χ1v) is 13.6. The normalized spacial score (nSPS) is 25.6. The summed E-state index contributed by atoms with van der Waals surface area (Å²) in [6, 6.07) is 1.84. The Morgan fingerprint density at radius 1 is 1.22 bits per heavy atom. The van der Waals surface area contributed by atoms with Gasteiger partial charge in [-0.25, -0.2) is 15.0 Å². The molecule has 208 valence electrons. The zero-order valence-electron chi connectivity index (χ0n) is 20.9. The Balaban J connectivity index is 1.69. The van der Waals surface area contributed by atoms with Crippen molar-refractivity contribution in [3.63, 3.8) is 0 Å². The lowest BCUT2D eigenvalue weighted by Crippen LogP contribution is -2.46. The summed E-state index contributed by atoms with van der Waals surface area (Å²) in [5.41, 5.74) is -2.64. The first kappa shape index (κ1) is 29.2.